The van der Waals surface area contributed by atoms with Crippen LogP contribution in [0.2, 0.25) is 5.02 Å². The van der Waals surface area contributed by atoms with Crippen molar-refractivity contribution in [3.63, 3.8) is 0 Å². The number of nitrogens with two attached hydrogens (primary N) is 1. The van der Waals surface area contributed by atoms with Gasteiger partial charge in [-0.05, 0) is 43.3 Å². The Bertz CT molecular complexity index is 693. The molecule has 0 saturated carbocycles. The lowest BCUT2D eigenvalue weighted by atomic mass is 9.90. The monoisotopic (exact) mass is 310 g/mol. The van der Waals surface area contributed by atoms with E-state index in [-0.39, 0.29) is 5.56 Å². The zero-order valence-electron chi connectivity index (χ0n) is 11.2. The summed E-state index contributed by atoms with van der Waals surface area (Å²) in [6.07, 6.45) is 0. The van der Waals surface area contributed by atoms with Crippen LogP contribution in [0.15, 0.2) is 42.5 Å². The molecule has 0 aliphatic rings. The molecule has 0 aromatic heterocycles. The minimum absolute atomic E-state index is 0.171. The largest absolute Gasteiger partial charge is 0.368 e. The lowest BCUT2D eigenvalue weighted by molar-refractivity contribution is -0.122. The van der Waals surface area contributed by atoms with Gasteiger partial charge in [-0.15, -0.1) is 0 Å². The Balaban J connectivity index is 2.50. The van der Waals surface area contributed by atoms with Crippen molar-refractivity contribution in [2.24, 2.45) is 5.73 Å². The van der Waals surface area contributed by atoms with Gasteiger partial charge >= 0.3 is 0 Å². The number of halogens is 3. The van der Waals surface area contributed by atoms with E-state index in [1.807, 2.05) is 0 Å². The number of carbonyl (C=O) groups is 1. The van der Waals surface area contributed by atoms with Gasteiger partial charge in [-0.2, -0.15) is 0 Å². The lowest BCUT2D eigenvalue weighted by Gasteiger charge is -2.29. The van der Waals surface area contributed by atoms with Crippen LogP contribution in [0.1, 0.15) is 12.5 Å². The molecule has 0 saturated heterocycles. The molecule has 0 heterocycles. The highest BCUT2D eigenvalue weighted by molar-refractivity contribution is 6.30. The number of hydrogen-bond donors (Lipinski definition) is 2. The Kier molecular flexibility index (Phi) is 4.14. The number of carbonyl (C=O) groups excluding carboxylic acids is 1. The first-order chi connectivity index (χ1) is 9.83. The quantitative estimate of drug-likeness (QED) is 0.909. The summed E-state index contributed by atoms with van der Waals surface area (Å²) in [5.74, 6) is -2.23. The van der Waals surface area contributed by atoms with Gasteiger partial charge in [0.05, 0.1) is 0 Å². The maximum absolute atomic E-state index is 14.0. The summed E-state index contributed by atoms with van der Waals surface area (Å²) in [5, 5.41) is 3.25. The molecule has 0 bridgehead atoms. The Hall–Kier alpha value is -2.14. The second kappa shape index (κ2) is 5.69. The van der Waals surface area contributed by atoms with Crippen molar-refractivity contribution >= 4 is 23.2 Å². The number of amides is 1. The second-order valence-electron chi connectivity index (χ2n) is 4.75. The molecule has 0 fully saturated rings. The van der Waals surface area contributed by atoms with Gasteiger partial charge in [-0.1, -0.05) is 17.7 Å². The van der Waals surface area contributed by atoms with Crippen LogP contribution in [0.5, 0.6) is 0 Å². The molecular formula is C15H13ClF2N2O. The number of benzene rings is 2. The fraction of sp³-hybridized carbons (Fsp3) is 0.133. The third kappa shape index (κ3) is 3.13. The lowest BCUT2D eigenvalue weighted by Crippen LogP contribution is -2.45. The van der Waals surface area contributed by atoms with Gasteiger partial charge in [0.25, 0.3) is 0 Å². The number of nitrogens with one attached hydrogen (secondary N) is 1. The maximum Gasteiger partial charge on any atom is 0.247 e. The number of primary amides is 1. The molecule has 21 heavy (non-hydrogen) atoms. The Morgan fingerprint density at radius 3 is 2.57 bits per heavy atom. The Labute approximate surface area is 125 Å². The van der Waals surface area contributed by atoms with E-state index in [0.29, 0.717) is 10.7 Å². The average molecular weight is 311 g/mol. The normalized spacial score (nSPS) is 13.5. The summed E-state index contributed by atoms with van der Waals surface area (Å²) in [6.45, 7) is 1.38. The van der Waals surface area contributed by atoms with Crippen molar-refractivity contribution in [3.8, 4) is 0 Å². The van der Waals surface area contributed by atoms with Gasteiger partial charge < -0.3 is 11.1 Å². The smallest absolute Gasteiger partial charge is 0.247 e. The average Bonchev–Trinajstić information content (AvgIpc) is 2.41. The number of hydrogen-bond acceptors (Lipinski definition) is 2. The zero-order valence-corrected chi connectivity index (χ0v) is 11.9. The highest BCUT2D eigenvalue weighted by Crippen LogP contribution is 2.29. The van der Waals surface area contributed by atoms with Crippen LogP contribution < -0.4 is 11.1 Å². The van der Waals surface area contributed by atoms with Crippen molar-refractivity contribution < 1.29 is 13.6 Å². The highest BCUT2D eigenvalue weighted by atomic mass is 35.5. The first-order valence-corrected chi connectivity index (χ1v) is 6.50. The van der Waals surface area contributed by atoms with Gasteiger partial charge in [0.2, 0.25) is 5.91 Å². The molecule has 1 atom stereocenters. The molecule has 2 rings (SSSR count). The van der Waals surface area contributed by atoms with E-state index < -0.39 is 23.1 Å². The second-order valence-corrected chi connectivity index (χ2v) is 5.19. The van der Waals surface area contributed by atoms with Crippen LogP contribution >= 0.6 is 11.6 Å². The molecule has 2 aromatic carbocycles. The summed E-state index contributed by atoms with van der Waals surface area (Å²) in [6, 6.07) is 9.37. The van der Waals surface area contributed by atoms with Gasteiger partial charge in [0.15, 0.2) is 0 Å². The van der Waals surface area contributed by atoms with Crippen LogP contribution in [-0.2, 0) is 10.3 Å². The fourth-order valence-corrected chi connectivity index (χ4v) is 2.19. The molecule has 0 radical (unpaired) electrons. The molecular weight excluding hydrogens is 298 g/mol. The van der Waals surface area contributed by atoms with E-state index >= 15 is 0 Å². The standard InChI is InChI=1S/C15H13ClF2N2O/c1-15(14(19)21,12-8-10(17)5-6-13(12)18)20-11-4-2-3-9(16)7-11/h2-8,20H,1H3,(H2,19,21). The molecule has 0 aliphatic heterocycles. The van der Waals surface area contributed by atoms with Gasteiger partial charge in [-0.3, -0.25) is 4.79 Å². The number of rotatable bonds is 4. The predicted molar refractivity (Wildman–Crippen MR) is 78.0 cm³/mol. The molecule has 3 N–H and O–H groups in total. The summed E-state index contributed by atoms with van der Waals surface area (Å²) < 4.78 is 27.3. The van der Waals surface area contributed by atoms with Crippen LogP contribution in [0.3, 0.4) is 0 Å². The van der Waals surface area contributed by atoms with Crippen molar-refractivity contribution in [2.75, 3.05) is 5.32 Å². The van der Waals surface area contributed by atoms with Gasteiger partial charge in [0.1, 0.15) is 17.2 Å². The van der Waals surface area contributed by atoms with Crippen LogP contribution in [0, 0.1) is 11.6 Å². The molecule has 110 valence electrons. The number of anilines is 1. The van der Waals surface area contributed by atoms with Crippen molar-refractivity contribution in [1.29, 1.82) is 0 Å². The zero-order chi connectivity index (χ0) is 15.6. The summed E-state index contributed by atoms with van der Waals surface area (Å²) in [4.78, 5) is 11.8. The van der Waals surface area contributed by atoms with Gasteiger partial charge in [0, 0.05) is 16.3 Å². The van der Waals surface area contributed by atoms with E-state index in [4.69, 9.17) is 17.3 Å². The van der Waals surface area contributed by atoms with E-state index in [9.17, 15) is 13.6 Å². The van der Waals surface area contributed by atoms with E-state index in [2.05, 4.69) is 5.32 Å². The molecule has 0 aliphatic carbocycles. The minimum atomic E-state index is -1.61. The molecule has 2 aromatic rings. The molecule has 1 amide bonds. The van der Waals surface area contributed by atoms with Crippen LogP contribution in [0.25, 0.3) is 0 Å². The fourth-order valence-electron chi connectivity index (χ4n) is 2.00. The Morgan fingerprint density at radius 2 is 1.95 bits per heavy atom. The highest BCUT2D eigenvalue weighted by Gasteiger charge is 2.36. The first kappa shape index (κ1) is 15.3. The third-order valence-corrected chi connectivity index (χ3v) is 3.41. The molecule has 6 heteroatoms. The Morgan fingerprint density at radius 1 is 1.24 bits per heavy atom. The third-order valence-electron chi connectivity index (χ3n) is 3.18. The van der Waals surface area contributed by atoms with Gasteiger partial charge in [-0.25, -0.2) is 8.78 Å². The summed E-state index contributed by atoms with van der Waals surface area (Å²) in [5.41, 5.74) is 4.06. The molecule has 1 unspecified atom stereocenters. The van der Waals surface area contributed by atoms with Crippen LogP contribution in [0.4, 0.5) is 14.5 Å². The van der Waals surface area contributed by atoms with Crippen molar-refractivity contribution in [2.45, 2.75) is 12.5 Å². The van der Waals surface area contributed by atoms with E-state index in [1.165, 1.54) is 6.92 Å². The maximum atomic E-state index is 14.0. The van der Waals surface area contributed by atoms with Crippen molar-refractivity contribution in [3.05, 3.63) is 64.7 Å². The first-order valence-electron chi connectivity index (χ1n) is 6.12. The topological polar surface area (TPSA) is 55.1 Å². The van der Waals surface area contributed by atoms with Crippen LogP contribution in [-0.4, -0.2) is 5.91 Å². The van der Waals surface area contributed by atoms with E-state index in [1.54, 1.807) is 24.3 Å². The predicted octanol–water partition coefficient (Wildman–Crippen LogP) is 3.43. The van der Waals surface area contributed by atoms with E-state index in [0.717, 1.165) is 18.2 Å². The van der Waals surface area contributed by atoms with Crippen molar-refractivity contribution in [1.82, 2.24) is 0 Å². The molecule has 3 nitrogen and oxygen atoms in total. The summed E-state index contributed by atoms with van der Waals surface area (Å²) >= 11 is 5.87. The SMILES string of the molecule is CC(Nc1cccc(Cl)c1)(C(N)=O)c1cc(F)ccc1F. The minimum Gasteiger partial charge on any atom is -0.368 e. The molecule has 0 spiro atoms. The summed E-state index contributed by atoms with van der Waals surface area (Å²) in [7, 11) is 0.